The van der Waals surface area contributed by atoms with E-state index in [2.05, 4.69) is 43.0 Å². The molecule has 2 aromatic rings. The number of rotatable bonds is 7. The van der Waals surface area contributed by atoms with Gasteiger partial charge in [0.05, 0.1) is 5.57 Å². The maximum atomic E-state index is 12.7. The van der Waals surface area contributed by atoms with Crippen molar-refractivity contribution >= 4 is 39.8 Å². The number of amides is 1. The highest BCUT2D eigenvalue weighted by Gasteiger charge is 2.36. The molecule has 2 heterocycles. The van der Waals surface area contributed by atoms with E-state index in [1.807, 2.05) is 50.2 Å². The summed E-state index contributed by atoms with van der Waals surface area (Å²) < 4.78 is 11.8. The van der Waals surface area contributed by atoms with Crippen LogP contribution in [0, 0.1) is 11.3 Å². The Bertz CT molecular complexity index is 1220. The van der Waals surface area contributed by atoms with Gasteiger partial charge < -0.3 is 9.47 Å². The molecular formula is C27H30N4O3S. The average molecular weight is 491 g/mol. The van der Waals surface area contributed by atoms with Crippen molar-refractivity contribution in [2.45, 2.75) is 40.0 Å². The lowest BCUT2D eigenvalue weighted by atomic mass is 9.87. The van der Waals surface area contributed by atoms with Crippen molar-refractivity contribution in [3.05, 3.63) is 65.2 Å². The van der Waals surface area contributed by atoms with E-state index in [1.54, 1.807) is 6.08 Å². The Balaban J connectivity index is 1.42. The first-order valence-corrected chi connectivity index (χ1v) is 12.4. The number of nitrogens with one attached hydrogen (secondary N) is 1. The highest BCUT2D eigenvalue weighted by molar-refractivity contribution is 8.27. The minimum atomic E-state index is -0.453. The third kappa shape index (κ3) is 5.65. The zero-order chi connectivity index (χ0) is 25.2. The first-order chi connectivity index (χ1) is 16.6. The van der Waals surface area contributed by atoms with Crippen LogP contribution in [0.15, 0.2) is 64.2 Å². The number of hydrazone groups is 1. The van der Waals surface area contributed by atoms with Crippen LogP contribution >= 0.6 is 11.8 Å². The van der Waals surface area contributed by atoms with E-state index < -0.39 is 5.91 Å². The van der Waals surface area contributed by atoms with Gasteiger partial charge in [0.25, 0.3) is 5.91 Å². The van der Waals surface area contributed by atoms with Gasteiger partial charge >= 0.3 is 0 Å². The van der Waals surface area contributed by atoms with Crippen molar-refractivity contribution in [1.29, 1.82) is 5.41 Å². The van der Waals surface area contributed by atoms with Gasteiger partial charge in [0.1, 0.15) is 29.8 Å². The van der Waals surface area contributed by atoms with Gasteiger partial charge in [0, 0.05) is 11.5 Å². The second kappa shape index (κ2) is 10.1. The lowest BCUT2D eigenvalue weighted by Crippen LogP contribution is -2.35. The predicted octanol–water partition coefficient (Wildman–Crippen LogP) is 5.72. The monoisotopic (exact) mass is 490 g/mol. The molecule has 0 spiro atoms. The minimum Gasteiger partial charge on any atom is -0.490 e. The van der Waals surface area contributed by atoms with Crippen LogP contribution in [0.4, 0.5) is 0 Å². The molecule has 0 saturated carbocycles. The highest BCUT2D eigenvalue weighted by Crippen LogP contribution is 2.32. The van der Waals surface area contributed by atoms with E-state index in [0.717, 1.165) is 10.8 Å². The van der Waals surface area contributed by atoms with Crippen molar-refractivity contribution < 1.29 is 14.3 Å². The molecule has 7 nitrogen and oxygen atoms in total. The molecule has 2 aliphatic rings. The van der Waals surface area contributed by atoms with Crippen molar-refractivity contribution in [3.8, 4) is 11.5 Å². The Labute approximate surface area is 210 Å². The van der Waals surface area contributed by atoms with E-state index in [9.17, 15) is 4.79 Å². The molecule has 2 aromatic carbocycles. The summed E-state index contributed by atoms with van der Waals surface area (Å²) in [7, 11) is 0. The van der Waals surface area contributed by atoms with E-state index in [4.69, 9.17) is 14.9 Å². The molecule has 0 saturated heterocycles. The van der Waals surface area contributed by atoms with Crippen molar-refractivity contribution in [3.63, 3.8) is 0 Å². The zero-order valence-electron chi connectivity index (χ0n) is 20.7. The van der Waals surface area contributed by atoms with Gasteiger partial charge in [-0.15, -0.1) is 0 Å². The normalized spacial score (nSPS) is 17.0. The van der Waals surface area contributed by atoms with Crippen LogP contribution in [-0.2, 0) is 10.2 Å². The summed E-state index contributed by atoms with van der Waals surface area (Å²) in [5, 5.41) is 15.7. The van der Waals surface area contributed by atoms with Gasteiger partial charge in [-0.1, -0.05) is 65.0 Å². The van der Waals surface area contributed by atoms with Gasteiger partial charge in [-0.2, -0.15) is 15.1 Å². The van der Waals surface area contributed by atoms with Crippen LogP contribution in [0.1, 0.15) is 45.7 Å². The number of nitrogens with zero attached hydrogens (tertiary/aromatic N) is 3. The Hall–Kier alpha value is -3.39. The summed E-state index contributed by atoms with van der Waals surface area (Å²) in [6, 6.07) is 15.5. The van der Waals surface area contributed by atoms with Crippen molar-refractivity contribution in [1.82, 2.24) is 5.01 Å². The van der Waals surface area contributed by atoms with Crippen LogP contribution < -0.4 is 9.47 Å². The molecule has 1 N–H and O–H groups in total. The smallest absolute Gasteiger partial charge is 0.283 e. The summed E-state index contributed by atoms with van der Waals surface area (Å²) >= 11 is 1.33. The molecule has 0 radical (unpaired) electrons. The molecule has 0 aromatic heterocycles. The maximum Gasteiger partial charge on any atom is 0.283 e. The second-order valence-electron chi connectivity index (χ2n) is 9.62. The van der Waals surface area contributed by atoms with Crippen LogP contribution in [-0.4, -0.2) is 40.2 Å². The average Bonchev–Trinajstić information content (AvgIpc) is 3.24. The largest absolute Gasteiger partial charge is 0.490 e. The molecule has 182 valence electrons. The number of hydrogen-bond acceptors (Lipinski definition) is 6. The maximum absolute atomic E-state index is 12.7. The number of amidine groups is 2. The van der Waals surface area contributed by atoms with Gasteiger partial charge in [-0.05, 0) is 47.0 Å². The molecule has 2 aliphatic heterocycles. The van der Waals surface area contributed by atoms with Crippen LogP contribution in [0.3, 0.4) is 0 Å². The fourth-order valence-electron chi connectivity index (χ4n) is 3.49. The highest BCUT2D eigenvalue weighted by atomic mass is 32.2. The number of thioether (sulfide) groups is 1. The van der Waals surface area contributed by atoms with E-state index in [1.165, 1.54) is 22.3 Å². The quantitative estimate of drug-likeness (QED) is 0.396. The Kier molecular flexibility index (Phi) is 7.12. The number of hydrogen-bond donors (Lipinski definition) is 1. The molecule has 0 atom stereocenters. The summed E-state index contributed by atoms with van der Waals surface area (Å²) in [5.41, 5.74) is 2.21. The van der Waals surface area contributed by atoms with E-state index in [-0.39, 0.29) is 22.7 Å². The number of carbonyl (C=O) groups excluding carboxylic acids is 1. The lowest BCUT2D eigenvalue weighted by molar-refractivity contribution is -0.114. The SMILES string of the molecule is CC(C)C1=NN2C(=N)C(=Cc3ccccc3OCCOc3ccc(C(C)(C)C)cc3)C(=O)N=C2S1. The fraction of sp³-hybridized carbons (Fsp3) is 0.333. The van der Waals surface area contributed by atoms with Gasteiger partial charge in [-0.3, -0.25) is 10.2 Å². The van der Waals surface area contributed by atoms with E-state index in [0.29, 0.717) is 29.7 Å². The summed E-state index contributed by atoms with van der Waals surface area (Å²) in [6.07, 6.45) is 1.64. The molecule has 0 unspecified atom stereocenters. The number of ether oxygens (including phenoxy) is 2. The number of para-hydroxylation sites is 1. The van der Waals surface area contributed by atoms with Gasteiger partial charge in [-0.25, -0.2) is 0 Å². The Morgan fingerprint density at radius 1 is 1.06 bits per heavy atom. The molecule has 0 aliphatic carbocycles. The molecule has 1 amide bonds. The number of benzene rings is 2. The summed E-state index contributed by atoms with van der Waals surface area (Å²) in [6.45, 7) is 11.3. The minimum absolute atomic E-state index is 0.0139. The number of fused-ring (bicyclic) bond motifs is 1. The molecular weight excluding hydrogens is 460 g/mol. The standard InChI is InChI=1S/C27H30N4O3S/c1-17(2)25-30-31-23(28)21(24(32)29-26(31)35-25)16-18-8-6-7-9-22(18)34-15-14-33-20-12-10-19(11-13-20)27(3,4)5/h6-13,16-17,28H,14-15H2,1-5H3. The van der Waals surface area contributed by atoms with Crippen LogP contribution in [0.25, 0.3) is 6.08 Å². The third-order valence-corrected chi connectivity index (χ3v) is 6.72. The number of aliphatic imine (C=N–C) groups is 1. The number of carbonyl (C=O) groups is 1. The van der Waals surface area contributed by atoms with Crippen molar-refractivity contribution in [2.75, 3.05) is 13.2 Å². The van der Waals surface area contributed by atoms with Crippen LogP contribution in [0.5, 0.6) is 11.5 Å². The molecule has 35 heavy (non-hydrogen) atoms. The first-order valence-electron chi connectivity index (χ1n) is 11.6. The first kappa shape index (κ1) is 24.7. The Morgan fingerprint density at radius 3 is 2.43 bits per heavy atom. The molecule has 8 heteroatoms. The van der Waals surface area contributed by atoms with Crippen LogP contribution in [0.2, 0.25) is 0 Å². The summed E-state index contributed by atoms with van der Waals surface area (Å²) in [4.78, 5) is 16.8. The lowest BCUT2D eigenvalue weighted by Gasteiger charge is -2.20. The third-order valence-electron chi connectivity index (χ3n) is 5.51. The van der Waals surface area contributed by atoms with Gasteiger partial charge in [0.2, 0.25) is 5.17 Å². The molecule has 0 fully saturated rings. The topological polar surface area (TPSA) is 87.3 Å². The predicted molar refractivity (Wildman–Crippen MR) is 142 cm³/mol. The van der Waals surface area contributed by atoms with E-state index >= 15 is 0 Å². The molecule has 0 bridgehead atoms. The fourth-order valence-corrected chi connectivity index (χ4v) is 4.38. The molecule has 4 rings (SSSR count). The summed E-state index contributed by atoms with van der Waals surface area (Å²) in [5.74, 6) is 1.14. The Morgan fingerprint density at radius 2 is 1.74 bits per heavy atom. The van der Waals surface area contributed by atoms with Gasteiger partial charge in [0.15, 0.2) is 5.84 Å². The zero-order valence-corrected chi connectivity index (χ0v) is 21.5. The van der Waals surface area contributed by atoms with Crippen molar-refractivity contribution in [2.24, 2.45) is 16.0 Å². The second-order valence-corrected chi connectivity index (χ2v) is 10.6.